The summed E-state index contributed by atoms with van der Waals surface area (Å²) in [6.45, 7) is 4.47. The maximum absolute atomic E-state index is 4.96. The van der Waals surface area contributed by atoms with Crippen molar-refractivity contribution in [3.63, 3.8) is 0 Å². The number of hydrogen-bond acceptors (Lipinski definition) is 3. The van der Waals surface area contributed by atoms with Crippen molar-refractivity contribution < 1.29 is 0 Å². The molecule has 0 atom stereocenters. The van der Waals surface area contributed by atoms with Crippen LogP contribution in [-0.2, 0) is 12.8 Å². The molecule has 2 aromatic heterocycles. The van der Waals surface area contributed by atoms with Gasteiger partial charge in [0.25, 0.3) is 0 Å². The molecule has 0 fully saturated rings. The van der Waals surface area contributed by atoms with Crippen LogP contribution in [0.1, 0.15) is 43.6 Å². The minimum atomic E-state index is 0.614. The van der Waals surface area contributed by atoms with Crippen molar-refractivity contribution in [2.75, 3.05) is 0 Å². The van der Waals surface area contributed by atoms with E-state index in [0.29, 0.717) is 17.5 Å². The number of fused-ring (bicyclic) bond motifs is 3. The van der Waals surface area contributed by atoms with Gasteiger partial charge in [0.2, 0.25) is 0 Å². The number of hydrogen-bond donors (Lipinski definition) is 0. The lowest BCUT2D eigenvalue weighted by Crippen LogP contribution is -2.03. The van der Waals surface area contributed by atoms with Gasteiger partial charge in [-0.25, -0.2) is 15.0 Å². The zero-order valence-corrected chi connectivity index (χ0v) is 24.5. The monoisotopic (exact) mass is 556 g/mol. The molecular weight excluding hydrogens is 524 g/mol. The van der Waals surface area contributed by atoms with E-state index in [2.05, 4.69) is 90.5 Å². The fraction of sp³-hybridized carbons (Fsp3) is 0.154. The van der Waals surface area contributed by atoms with Crippen molar-refractivity contribution in [1.29, 1.82) is 0 Å². The molecule has 0 aliphatic heterocycles. The van der Waals surface area contributed by atoms with E-state index < -0.39 is 0 Å². The summed E-state index contributed by atoms with van der Waals surface area (Å²) in [5, 5.41) is 2.60. The van der Waals surface area contributed by atoms with Gasteiger partial charge in [0.15, 0.2) is 17.5 Å². The molecule has 2 heterocycles. The highest BCUT2D eigenvalue weighted by atomic mass is 15.0. The van der Waals surface area contributed by atoms with Gasteiger partial charge in [0.1, 0.15) is 0 Å². The van der Waals surface area contributed by atoms with Gasteiger partial charge in [-0.2, -0.15) is 0 Å². The van der Waals surface area contributed by atoms with Crippen molar-refractivity contribution in [2.24, 2.45) is 0 Å². The number of unbranched alkanes of at least 4 members (excludes halogenated alkanes) is 1. The van der Waals surface area contributed by atoms with E-state index in [1.54, 1.807) is 0 Å². The van der Waals surface area contributed by atoms with E-state index in [4.69, 9.17) is 15.0 Å². The first-order chi connectivity index (χ1) is 21.2. The van der Waals surface area contributed by atoms with E-state index in [1.807, 2.05) is 48.6 Å². The third-order valence-corrected chi connectivity index (χ3v) is 8.07. The van der Waals surface area contributed by atoms with Gasteiger partial charge in [-0.1, -0.05) is 86.3 Å². The Morgan fingerprint density at radius 2 is 1.35 bits per heavy atom. The van der Waals surface area contributed by atoms with Crippen LogP contribution < -0.4 is 0 Å². The largest absolute Gasteiger partial charge is 0.309 e. The molecule has 0 unspecified atom stereocenters. The highest BCUT2D eigenvalue weighted by molar-refractivity contribution is 6.09. The summed E-state index contributed by atoms with van der Waals surface area (Å²) in [7, 11) is 0. The number of nitrogens with zero attached hydrogens (tertiary/aromatic N) is 4. The minimum absolute atomic E-state index is 0.614. The Labute approximate surface area is 252 Å². The van der Waals surface area contributed by atoms with E-state index >= 15 is 0 Å². The maximum Gasteiger partial charge on any atom is 0.164 e. The summed E-state index contributed by atoms with van der Waals surface area (Å²) in [5.74, 6) is 1.89. The summed E-state index contributed by atoms with van der Waals surface area (Å²) in [6, 6.07) is 32.4. The molecule has 0 amide bonds. The number of benzene rings is 4. The van der Waals surface area contributed by atoms with Crippen LogP contribution >= 0.6 is 0 Å². The lowest BCUT2D eigenvalue weighted by atomic mass is 10.0. The molecule has 0 spiro atoms. The predicted octanol–water partition coefficient (Wildman–Crippen LogP) is 9.47. The zero-order chi connectivity index (χ0) is 29.2. The summed E-state index contributed by atoms with van der Waals surface area (Å²) in [4.78, 5) is 14.7. The second-order valence-corrected chi connectivity index (χ2v) is 10.9. The van der Waals surface area contributed by atoms with Crippen molar-refractivity contribution in [3.05, 3.63) is 138 Å². The van der Waals surface area contributed by atoms with Gasteiger partial charge in [-0.15, -0.1) is 0 Å². The highest BCUT2D eigenvalue weighted by Crippen LogP contribution is 2.35. The first-order valence-corrected chi connectivity index (χ1v) is 15.1. The van der Waals surface area contributed by atoms with Crippen LogP contribution in [0.5, 0.6) is 0 Å². The third kappa shape index (κ3) is 5.15. The lowest BCUT2D eigenvalue weighted by molar-refractivity contribution is 0.796. The summed E-state index contributed by atoms with van der Waals surface area (Å²) >= 11 is 0. The first kappa shape index (κ1) is 26.6. The molecule has 0 radical (unpaired) electrons. The molecule has 0 bridgehead atoms. The number of aryl methyl sites for hydroxylation is 2. The number of rotatable bonds is 8. The van der Waals surface area contributed by atoms with Crippen LogP contribution in [0.3, 0.4) is 0 Å². The third-order valence-electron chi connectivity index (χ3n) is 8.07. The summed E-state index contributed by atoms with van der Waals surface area (Å²) < 4.78 is 2.37. The molecule has 43 heavy (non-hydrogen) atoms. The van der Waals surface area contributed by atoms with Gasteiger partial charge in [-0.3, -0.25) is 0 Å². The second kappa shape index (κ2) is 11.5. The van der Waals surface area contributed by atoms with Crippen LogP contribution in [0.25, 0.3) is 55.8 Å². The van der Waals surface area contributed by atoms with Crippen LogP contribution in [0, 0.1) is 0 Å². The van der Waals surface area contributed by atoms with Gasteiger partial charge >= 0.3 is 0 Å². The highest BCUT2D eigenvalue weighted by Gasteiger charge is 2.16. The van der Waals surface area contributed by atoms with Gasteiger partial charge < -0.3 is 4.57 Å². The summed E-state index contributed by atoms with van der Waals surface area (Å²) in [6.07, 6.45) is 10.2. The van der Waals surface area contributed by atoms with Crippen molar-refractivity contribution >= 4 is 27.4 Å². The topological polar surface area (TPSA) is 43.6 Å². The Kier molecular flexibility index (Phi) is 7.15. The van der Waals surface area contributed by atoms with Crippen molar-refractivity contribution in [1.82, 2.24) is 19.5 Å². The van der Waals surface area contributed by atoms with Gasteiger partial charge in [-0.05, 0) is 85.0 Å². The van der Waals surface area contributed by atoms with Crippen molar-refractivity contribution in [3.8, 4) is 28.5 Å². The van der Waals surface area contributed by atoms with Crippen LogP contribution in [-0.4, -0.2) is 19.5 Å². The zero-order valence-electron chi connectivity index (χ0n) is 24.5. The Morgan fingerprint density at radius 3 is 2.07 bits per heavy atom. The molecule has 6 aromatic rings. The molecule has 7 rings (SSSR count). The van der Waals surface area contributed by atoms with Crippen LogP contribution in [0.2, 0.25) is 0 Å². The number of aromatic nitrogens is 4. The fourth-order valence-electron chi connectivity index (χ4n) is 5.77. The fourth-order valence-corrected chi connectivity index (χ4v) is 5.77. The Balaban J connectivity index is 1.40. The first-order valence-electron chi connectivity index (χ1n) is 15.1. The van der Waals surface area contributed by atoms with Gasteiger partial charge in [0.05, 0.1) is 11.0 Å². The molecule has 1 aliphatic rings. The molecule has 0 saturated heterocycles. The van der Waals surface area contributed by atoms with E-state index in [-0.39, 0.29) is 0 Å². The van der Waals surface area contributed by atoms with Crippen LogP contribution in [0.4, 0.5) is 0 Å². The number of allylic oxidation sites excluding steroid dienone is 4. The van der Waals surface area contributed by atoms with Crippen molar-refractivity contribution in [2.45, 2.75) is 39.5 Å². The molecule has 4 nitrogen and oxygen atoms in total. The molecule has 4 aromatic carbocycles. The average Bonchev–Trinajstić information content (AvgIpc) is 3.41. The van der Waals surface area contributed by atoms with E-state index in [0.717, 1.165) is 35.2 Å². The Bertz CT molecular complexity index is 2120. The summed E-state index contributed by atoms with van der Waals surface area (Å²) in [5.41, 5.74) is 15.0. The molecular formula is C39H32N4. The van der Waals surface area contributed by atoms with Crippen LogP contribution in [0.15, 0.2) is 121 Å². The smallest absolute Gasteiger partial charge is 0.164 e. The van der Waals surface area contributed by atoms with Gasteiger partial charge in [0, 0.05) is 33.2 Å². The maximum atomic E-state index is 4.96. The lowest BCUT2D eigenvalue weighted by Gasteiger charge is -2.12. The molecule has 208 valence electrons. The SMILES string of the molecule is CCCCc1ccc2c(c1)c1cc(CC)ccc1n2-c1cccc(-c2nc(C3=CC=C=C=C3)nc(-c3ccccc3)n2)c1. The molecule has 0 saturated carbocycles. The Morgan fingerprint density at radius 1 is 0.651 bits per heavy atom. The molecule has 0 N–H and O–H groups in total. The van der Waals surface area contributed by atoms with E-state index in [1.165, 1.54) is 45.8 Å². The molecule has 4 heteroatoms. The standard InChI is InChI=1S/C39H32N4/c1-3-5-13-28-21-23-36-34(25-28)33-24-27(4-2)20-22-35(33)43(36)32-19-12-18-31(26-32)39-41-37(29-14-8-6-9-15-29)40-38(42-39)30-16-10-7-11-17-30/h6,8-10,12,14-26H,3-5,13H2,1-2H3. The normalized spacial score (nSPS) is 12.4. The minimum Gasteiger partial charge on any atom is -0.309 e. The predicted molar refractivity (Wildman–Crippen MR) is 177 cm³/mol. The Hall–Kier alpha value is -5.27. The second-order valence-electron chi connectivity index (χ2n) is 10.9. The molecule has 1 aliphatic carbocycles. The quantitative estimate of drug-likeness (QED) is 0.175. The average molecular weight is 557 g/mol. The van der Waals surface area contributed by atoms with E-state index in [9.17, 15) is 0 Å².